The van der Waals surface area contributed by atoms with Crippen LogP contribution in [0.5, 0.6) is 5.75 Å². The number of ether oxygens (including phenoxy) is 1. The SMILES string of the molecule is O=C(COc1ccccc1)Nc1cccc(-c2nnc3ccccn23)c1. The summed E-state index contributed by atoms with van der Waals surface area (Å²) < 4.78 is 7.36. The first kappa shape index (κ1) is 15.8. The van der Waals surface area contributed by atoms with E-state index in [1.54, 1.807) is 0 Å². The lowest BCUT2D eigenvalue weighted by Crippen LogP contribution is -2.20. The molecule has 1 N–H and O–H groups in total. The van der Waals surface area contributed by atoms with Crippen molar-refractivity contribution in [1.82, 2.24) is 14.6 Å². The minimum absolute atomic E-state index is 0.0535. The second-order valence-corrected chi connectivity index (χ2v) is 5.68. The average molecular weight is 344 g/mol. The highest BCUT2D eigenvalue weighted by atomic mass is 16.5. The van der Waals surface area contributed by atoms with Gasteiger partial charge in [0, 0.05) is 17.4 Å². The van der Waals surface area contributed by atoms with Crippen molar-refractivity contribution in [3.05, 3.63) is 79.0 Å². The van der Waals surface area contributed by atoms with Crippen molar-refractivity contribution < 1.29 is 9.53 Å². The van der Waals surface area contributed by atoms with Crippen LogP contribution in [0.15, 0.2) is 79.0 Å². The maximum atomic E-state index is 12.1. The first-order valence-corrected chi connectivity index (χ1v) is 8.17. The molecule has 2 aromatic carbocycles. The molecule has 0 aliphatic heterocycles. The number of pyridine rings is 1. The molecule has 0 unspecified atom stereocenters. The molecule has 0 aliphatic carbocycles. The lowest BCUT2D eigenvalue weighted by Gasteiger charge is -2.08. The highest BCUT2D eigenvalue weighted by Crippen LogP contribution is 2.21. The van der Waals surface area contributed by atoms with Gasteiger partial charge in [0.15, 0.2) is 18.1 Å². The lowest BCUT2D eigenvalue weighted by molar-refractivity contribution is -0.118. The van der Waals surface area contributed by atoms with E-state index in [0.29, 0.717) is 11.4 Å². The monoisotopic (exact) mass is 344 g/mol. The molecule has 128 valence electrons. The van der Waals surface area contributed by atoms with Gasteiger partial charge in [-0.1, -0.05) is 36.4 Å². The summed E-state index contributed by atoms with van der Waals surface area (Å²) in [7, 11) is 0. The summed E-state index contributed by atoms with van der Waals surface area (Å²) in [6, 6.07) is 22.5. The Bertz CT molecular complexity index is 1040. The first-order chi connectivity index (χ1) is 12.8. The summed E-state index contributed by atoms with van der Waals surface area (Å²) in [5.74, 6) is 1.15. The largest absolute Gasteiger partial charge is 0.484 e. The molecular formula is C20H16N4O2. The van der Waals surface area contributed by atoms with Crippen molar-refractivity contribution >= 4 is 17.2 Å². The zero-order valence-corrected chi connectivity index (χ0v) is 13.9. The number of anilines is 1. The van der Waals surface area contributed by atoms with Gasteiger partial charge in [-0.15, -0.1) is 10.2 Å². The normalized spacial score (nSPS) is 10.6. The van der Waals surface area contributed by atoms with Crippen LogP contribution >= 0.6 is 0 Å². The predicted molar refractivity (Wildman–Crippen MR) is 99.0 cm³/mol. The fourth-order valence-electron chi connectivity index (χ4n) is 2.64. The Balaban J connectivity index is 1.48. The Morgan fingerprint density at radius 1 is 0.962 bits per heavy atom. The Kier molecular flexibility index (Phi) is 4.30. The van der Waals surface area contributed by atoms with Crippen LogP contribution in [0.2, 0.25) is 0 Å². The molecule has 0 fully saturated rings. The van der Waals surface area contributed by atoms with Crippen LogP contribution < -0.4 is 10.1 Å². The van der Waals surface area contributed by atoms with Gasteiger partial charge in [0.25, 0.3) is 5.91 Å². The molecule has 0 spiro atoms. The second-order valence-electron chi connectivity index (χ2n) is 5.68. The fraction of sp³-hybridized carbons (Fsp3) is 0.0500. The molecule has 0 saturated heterocycles. The minimum atomic E-state index is -0.225. The average Bonchev–Trinajstić information content (AvgIpc) is 3.12. The molecule has 4 rings (SSSR count). The summed E-state index contributed by atoms with van der Waals surface area (Å²) >= 11 is 0. The van der Waals surface area contributed by atoms with Crippen LogP contribution in [-0.4, -0.2) is 27.1 Å². The van der Waals surface area contributed by atoms with E-state index >= 15 is 0 Å². The number of carbonyl (C=O) groups excluding carboxylic acids is 1. The third-order valence-electron chi connectivity index (χ3n) is 3.83. The van der Waals surface area contributed by atoms with E-state index < -0.39 is 0 Å². The Hall–Kier alpha value is -3.67. The quantitative estimate of drug-likeness (QED) is 0.602. The summed E-state index contributed by atoms with van der Waals surface area (Å²) in [5, 5.41) is 11.2. The molecular weight excluding hydrogens is 328 g/mol. The topological polar surface area (TPSA) is 68.5 Å². The Morgan fingerprint density at radius 3 is 2.69 bits per heavy atom. The maximum Gasteiger partial charge on any atom is 0.262 e. The van der Waals surface area contributed by atoms with Crippen molar-refractivity contribution in [2.45, 2.75) is 0 Å². The molecule has 0 saturated carbocycles. The van der Waals surface area contributed by atoms with Gasteiger partial charge in [0.1, 0.15) is 5.75 Å². The minimum Gasteiger partial charge on any atom is -0.484 e. The number of nitrogens with zero attached hydrogens (tertiary/aromatic N) is 3. The van der Waals surface area contributed by atoms with E-state index in [0.717, 1.165) is 17.0 Å². The molecule has 6 nitrogen and oxygen atoms in total. The number of amides is 1. The standard InChI is InChI=1S/C20H16N4O2/c25-19(14-26-17-9-2-1-3-10-17)21-16-8-6-7-15(13-16)20-23-22-18-11-4-5-12-24(18)20/h1-13H,14H2,(H,21,25). The molecule has 1 amide bonds. The van der Waals surface area contributed by atoms with E-state index in [4.69, 9.17) is 4.74 Å². The highest BCUT2D eigenvalue weighted by molar-refractivity contribution is 5.92. The number of fused-ring (bicyclic) bond motifs is 1. The lowest BCUT2D eigenvalue weighted by atomic mass is 10.2. The van der Waals surface area contributed by atoms with Crippen LogP contribution in [0.4, 0.5) is 5.69 Å². The van der Waals surface area contributed by atoms with Crippen LogP contribution in [-0.2, 0) is 4.79 Å². The van der Waals surface area contributed by atoms with Crippen molar-refractivity contribution in [2.24, 2.45) is 0 Å². The van der Waals surface area contributed by atoms with E-state index in [1.165, 1.54) is 0 Å². The van der Waals surface area contributed by atoms with Crippen molar-refractivity contribution in [2.75, 3.05) is 11.9 Å². The van der Waals surface area contributed by atoms with E-state index in [2.05, 4.69) is 15.5 Å². The molecule has 2 heterocycles. The van der Waals surface area contributed by atoms with Crippen molar-refractivity contribution in [3.63, 3.8) is 0 Å². The number of aromatic nitrogens is 3. The van der Waals surface area contributed by atoms with Gasteiger partial charge < -0.3 is 10.1 Å². The van der Waals surface area contributed by atoms with E-state index in [9.17, 15) is 4.79 Å². The summed E-state index contributed by atoms with van der Waals surface area (Å²) in [4.78, 5) is 12.1. The van der Waals surface area contributed by atoms with Crippen LogP contribution in [0, 0.1) is 0 Å². The zero-order chi connectivity index (χ0) is 17.8. The number of carbonyl (C=O) groups is 1. The Labute approximate surface area is 150 Å². The maximum absolute atomic E-state index is 12.1. The molecule has 0 atom stereocenters. The predicted octanol–water partition coefficient (Wildman–Crippen LogP) is 3.41. The third kappa shape index (κ3) is 3.39. The van der Waals surface area contributed by atoms with Gasteiger partial charge in [0.05, 0.1) is 0 Å². The van der Waals surface area contributed by atoms with Crippen molar-refractivity contribution in [1.29, 1.82) is 0 Å². The van der Waals surface area contributed by atoms with Crippen LogP contribution in [0.3, 0.4) is 0 Å². The summed E-state index contributed by atoms with van der Waals surface area (Å²) in [6.45, 7) is -0.0535. The van der Waals surface area contributed by atoms with Gasteiger partial charge in [-0.25, -0.2) is 0 Å². The highest BCUT2D eigenvalue weighted by Gasteiger charge is 2.09. The zero-order valence-electron chi connectivity index (χ0n) is 13.9. The van der Waals surface area contributed by atoms with Gasteiger partial charge >= 0.3 is 0 Å². The second kappa shape index (κ2) is 7.06. The van der Waals surface area contributed by atoms with E-state index in [-0.39, 0.29) is 12.5 Å². The van der Waals surface area contributed by atoms with Gasteiger partial charge in [-0.05, 0) is 36.4 Å². The molecule has 0 aliphatic rings. The number of nitrogens with one attached hydrogen (secondary N) is 1. The number of rotatable bonds is 5. The number of hydrogen-bond donors (Lipinski definition) is 1. The number of benzene rings is 2. The number of para-hydroxylation sites is 1. The molecule has 26 heavy (non-hydrogen) atoms. The molecule has 6 heteroatoms. The molecule has 0 bridgehead atoms. The number of hydrogen-bond acceptors (Lipinski definition) is 4. The molecule has 4 aromatic rings. The molecule has 2 aromatic heterocycles. The first-order valence-electron chi connectivity index (χ1n) is 8.17. The van der Waals surface area contributed by atoms with Crippen molar-refractivity contribution in [3.8, 4) is 17.1 Å². The van der Waals surface area contributed by atoms with Crippen LogP contribution in [0.25, 0.3) is 17.0 Å². The van der Waals surface area contributed by atoms with E-state index in [1.807, 2.05) is 83.4 Å². The third-order valence-corrected chi connectivity index (χ3v) is 3.83. The van der Waals surface area contributed by atoms with Gasteiger partial charge in [-0.3, -0.25) is 9.20 Å². The summed E-state index contributed by atoms with van der Waals surface area (Å²) in [6.07, 6.45) is 1.91. The van der Waals surface area contributed by atoms with Gasteiger partial charge in [-0.2, -0.15) is 0 Å². The van der Waals surface area contributed by atoms with Gasteiger partial charge in [0.2, 0.25) is 0 Å². The fourth-order valence-corrected chi connectivity index (χ4v) is 2.64. The Morgan fingerprint density at radius 2 is 1.81 bits per heavy atom. The molecule has 0 radical (unpaired) electrons. The summed E-state index contributed by atoms with van der Waals surface area (Å²) in [5.41, 5.74) is 2.32. The van der Waals surface area contributed by atoms with Crippen LogP contribution in [0.1, 0.15) is 0 Å². The smallest absolute Gasteiger partial charge is 0.262 e.